The molecule has 3 rings (SSSR count). The third kappa shape index (κ3) is 3.57. The Labute approximate surface area is 139 Å². The summed E-state index contributed by atoms with van der Waals surface area (Å²) in [5.41, 5.74) is 9.11. The van der Waals surface area contributed by atoms with Gasteiger partial charge in [0.1, 0.15) is 5.01 Å². The Hall–Kier alpha value is -2.66. The van der Waals surface area contributed by atoms with E-state index < -0.39 is 0 Å². The van der Waals surface area contributed by atoms with Crippen molar-refractivity contribution in [3.8, 4) is 10.6 Å². The highest BCUT2D eigenvalue weighted by atomic mass is 32.1. The lowest BCUT2D eigenvalue weighted by molar-refractivity contribution is -0.117. The van der Waals surface area contributed by atoms with Crippen molar-refractivity contribution in [2.75, 3.05) is 17.7 Å². The third-order valence-corrected chi connectivity index (χ3v) is 4.50. The monoisotopic (exact) mass is 323 g/mol. The molecule has 0 bridgehead atoms. The van der Waals surface area contributed by atoms with E-state index in [9.17, 15) is 4.79 Å². The minimum atomic E-state index is 0.0188. The van der Waals surface area contributed by atoms with Gasteiger partial charge < -0.3 is 10.6 Å². The van der Waals surface area contributed by atoms with Crippen LogP contribution in [0.1, 0.15) is 5.69 Å². The summed E-state index contributed by atoms with van der Waals surface area (Å²) in [5.74, 6) is 0.0188. The van der Waals surface area contributed by atoms with Crippen LogP contribution in [0.4, 0.5) is 11.4 Å². The second-order valence-electron chi connectivity index (χ2n) is 5.23. The number of aromatic nitrogens is 1. The predicted molar refractivity (Wildman–Crippen MR) is 95.5 cm³/mol. The van der Waals surface area contributed by atoms with Crippen LogP contribution in [0, 0.1) is 0 Å². The van der Waals surface area contributed by atoms with Crippen molar-refractivity contribution in [3.63, 3.8) is 0 Å². The van der Waals surface area contributed by atoms with Gasteiger partial charge in [-0.3, -0.25) is 4.79 Å². The number of thiazole rings is 1. The van der Waals surface area contributed by atoms with Gasteiger partial charge in [-0.1, -0.05) is 18.2 Å². The van der Waals surface area contributed by atoms with Gasteiger partial charge in [-0.2, -0.15) is 0 Å². The number of carbonyl (C=O) groups is 1. The first-order chi connectivity index (χ1) is 11.1. The lowest BCUT2D eigenvalue weighted by Crippen LogP contribution is -2.27. The first kappa shape index (κ1) is 15.2. The Morgan fingerprint density at radius 3 is 2.52 bits per heavy atom. The van der Waals surface area contributed by atoms with E-state index in [-0.39, 0.29) is 12.3 Å². The van der Waals surface area contributed by atoms with Gasteiger partial charge in [-0.15, -0.1) is 11.3 Å². The van der Waals surface area contributed by atoms with E-state index in [1.807, 2.05) is 60.0 Å². The highest BCUT2D eigenvalue weighted by molar-refractivity contribution is 7.13. The molecule has 0 saturated carbocycles. The molecular formula is C18H17N3OS. The highest BCUT2D eigenvalue weighted by Crippen LogP contribution is 2.25. The maximum atomic E-state index is 12.4. The van der Waals surface area contributed by atoms with Crippen molar-refractivity contribution in [3.05, 3.63) is 65.7 Å². The van der Waals surface area contributed by atoms with Gasteiger partial charge in [0.15, 0.2) is 0 Å². The number of anilines is 2. The minimum Gasteiger partial charge on any atom is -0.399 e. The van der Waals surface area contributed by atoms with Crippen LogP contribution in [0.5, 0.6) is 0 Å². The van der Waals surface area contributed by atoms with E-state index >= 15 is 0 Å². The molecule has 0 unspecified atom stereocenters. The first-order valence-corrected chi connectivity index (χ1v) is 8.13. The van der Waals surface area contributed by atoms with E-state index in [0.717, 1.165) is 27.6 Å². The molecule has 5 heteroatoms. The molecule has 0 fully saturated rings. The molecule has 0 aliphatic rings. The Kier molecular flexibility index (Phi) is 4.39. The van der Waals surface area contributed by atoms with Crippen LogP contribution < -0.4 is 10.6 Å². The number of carbonyl (C=O) groups excluding carboxylic acids is 1. The van der Waals surface area contributed by atoms with Gasteiger partial charge in [-0.25, -0.2) is 4.98 Å². The average Bonchev–Trinajstić information content (AvgIpc) is 3.04. The summed E-state index contributed by atoms with van der Waals surface area (Å²) in [7, 11) is 1.78. The van der Waals surface area contributed by atoms with Crippen LogP contribution in [0.15, 0.2) is 60.0 Å². The molecule has 0 saturated heterocycles. The Balaban J connectivity index is 1.71. The van der Waals surface area contributed by atoms with Crippen LogP contribution >= 0.6 is 11.3 Å². The molecule has 0 spiro atoms. The lowest BCUT2D eigenvalue weighted by Gasteiger charge is -2.16. The molecule has 0 radical (unpaired) electrons. The zero-order valence-electron chi connectivity index (χ0n) is 12.8. The third-order valence-electron chi connectivity index (χ3n) is 3.56. The van der Waals surface area contributed by atoms with Crippen molar-refractivity contribution < 1.29 is 4.79 Å². The zero-order valence-corrected chi connectivity index (χ0v) is 13.6. The number of para-hydroxylation sites is 1. The average molecular weight is 323 g/mol. The number of hydrogen-bond acceptors (Lipinski definition) is 4. The van der Waals surface area contributed by atoms with Crippen LogP contribution in [0.2, 0.25) is 0 Å². The standard InChI is InChI=1S/C18H17N3OS/c1-21(16-5-3-2-4-6-16)17(22)11-15-12-23-18(20-15)13-7-9-14(19)10-8-13/h2-10,12H,11,19H2,1H3. The van der Waals surface area contributed by atoms with Crippen molar-refractivity contribution >= 4 is 28.6 Å². The Morgan fingerprint density at radius 2 is 1.83 bits per heavy atom. The van der Waals surface area contributed by atoms with E-state index in [1.165, 1.54) is 11.3 Å². The minimum absolute atomic E-state index is 0.0188. The number of nitrogens with zero attached hydrogens (tertiary/aromatic N) is 2. The molecule has 0 atom stereocenters. The van der Waals surface area contributed by atoms with Crippen LogP contribution in [-0.2, 0) is 11.2 Å². The predicted octanol–water partition coefficient (Wildman–Crippen LogP) is 3.60. The van der Waals surface area contributed by atoms with E-state index in [0.29, 0.717) is 0 Å². The molecule has 116 valence electrons. The van der Waals surface area contributed by atoms with Gasteiger partial charge in [0.2, 0.25) is 5.91 Å². The zero-order chi connectivity index (χ0) is 16.2. The summed E-state index contributed by atoms with van der Waals surface area (Å²) in [6, 6.07) is 17.2. The maximum absolute atomic E-state index is 12.4. The molecule has 2 N–H and O–H groups in total. The summed E-state index contributed by atoms with van der Waals surface area (Å²) in [5, 5.41) is 2.83. The van der Waals surface area contributed by atoms with Crippen molar-refractivity contribution in [1.29, 1.82) is 0 Å². The smallest absolute Gasteiger partial charge is 0.232 e. The lowest BCUT2D eigenvalue weighted by atomic mass is 10.2. The Bertz CT molecular complexity index is 797. The van der Waals surface area contributed by atoms with Crippen LogP contribution in [-0.4, -0.2) is 17.9 Å². The molecular weight excluding hydrogens is 306 g/mol. The first-order valence-electron chi connectivity index (χ1n) is 7.25. The van der Waals surface area contributed by atoms with Gasteiger partial charge >= 0.3 is 0 Å². The fraction of sp³-hybridized carbons (Fsp3) is 0.111. The normalized spacial score (nSPS) is 10.5. The summed E-state index contributed by atoms with van der Waals surface area (Å²) < 4.78 is 0. The van der Waals surface area contributed by atoms with E-state index in [2.05, 4.69) is 4.98 Å². The molecule has 2 aromatic carbocycles. The van der Waals surface area contributed by atoms with Gasteiger partial charge in [-0.05, 0) is 36.4 Å². The molecule has 4 nitrogen and oxygen atoms in total. The largest absolute Gasteiger partial charge is 0.399 e. The molecule has 0 aliphatic heterocycles. The summed E-state index contributed by atoms with van der Waals surface area (Å²) in [6.07, 6.45) is 0.289. The number of rotatable bonds is 4. The molecule has 0 aliphatic carbocycles. The maximum Gasteiger partial charge on any atom is 0.232 e. The Morgan fingerprint density at radius 1 is 1.13 bits per heavy atom. The number of nitrogen functional groups attached to an aromatic ring is 1. The highest BCUT2D eigenvalue weighted by Gasteiger charge is 2.14. The fourth-order valence-corrected chi connectivity index (χ4v) is 3.04. The number of hydrogen-bond donors (Lipinski definition) is 1. The van der Waals surface area contributed by atoms with Crippen LogP contribution in [0.3, 0.4) is 0 Å². The number of nitrogens with two attached hydrogens (primary N) is 1. The number of benzene rings is 2. The summed E-state index contributed by atoms with van der Waals surface area (Å²) >= 11 is 1.54. The molecule has 1 aromatic heterocycles. The van der Waals surface area contributed by atoms with E-state index in [4.69, 9.17) is 5.73 Å². The van der Waals surface area contributed by atoms with Crippen molar-refractivity contribution in [1.82, 2.24) is 4.98 Å². The quantitative estimate of drug-likeness (QED) is 0.746. The fourth-order valence-electron chi connectivity index (χ4n) is 2.22. The van der Waals surface area contributed by atoms with E-state index in [1.54, 1.807) is 11.9 Å². The summed E-state index contributed by atoms with van der Waals surface area (Å²) in [4.78, 5) is 18.6. The SMILES string of the molecule is CN(C(=O)Cc1csc(-c2ccc(N)cc2)n1)c1ccccc1. The van der Waals surface area contributed by atoms with Gasteiger partial charge in [0, 0.05) is 29.4 Å². The molecule has 1 heterocycles. The van der Waals surface area contributed by atoms with Gasteiger partial charge in [0.25, 0.3) is 0 Å². The molecule has 23 heavy (non-hydrogen) atoms. The summed E-state index contributed by atoms with van der Waals surface area (Å²) in [6.45, 7) is 0. The topological polar surface area (TPSA) is 59.2 Å². The van der Waals surface area contributed by atoms with Crippen molar-refractivity contribution in [2.24, 2.45) is 0 Å². The van der Waals surface area contributed by atoms with Crippen molar-refractivity contribution in [2.45, 2.75) is 6.42 Å². The van der Waals surface area contributed by atoms with Crippen LogP contribution in [0.25, 0.3) is 10.6 Å². The molecule has 1 amide bonds. The van der Waals surface area contributed by atoms with Gasteiger partial charge in [0.05, 0.1) is 12.1 Å². The number of amides is 1. The second-order valence-corrected chi connectivity index (χ2v) is 6.09. The number of likely N-dealkylation sites (N-methyl/N-ethyl adjacent to an activating group) is 1. The second kappa shape index (κ2) is 6.62. The molecule has 3 aromatic rings.